The third kappa shape index (κ3) is 4.69. The van der Waals surface area contributed by atoms with Gasteiger partial charge in [-0.2, -0.15) is 0 Å². The molecule has 29 heavy (non-hydrogen) atoms. The lowest BCUT2D eigenvalue weighted by Gasteiger charge is -2.22. The molecular weight excluding hydrogens is 375 g/mol. The van der Waals surface area contributed by atoms with Gasteiger partial charge in [-0.15, -0.1) is 0 Å². The van der Waals surface area contributed by atoms with Crippen molar-refractivity contribution in [1.29, 1.82) is 0 Å². The fraction of sp³-hybridized carbons (Fsp3) is 0.250. The zero-order chi connectivity index (χ0) is 21.0. The normalized spacial score (nSPS) is 13.0. The van der Waals surface area contributed by atoms with Gasteiger partial charge in [0.05, 0.1) is 11.8 Å². The summed E-state index contributed by atoms with van der Waals surface area (Å²) in [7, 11) is 0. The molecule has 8 nitrogen and oxygen atoms in total. The van der Waals surface area contributed by atoms with Crippen LogP contribution in [0.25, 0.3) is 11.5 Å². The smallest absolute Gasteiger partial charge is 0.252 e. The van der Waals surface area contributed by atoms with Crippen LogP contribution in [0.5, 0.6) is 0 Å². The lowest BCUT2D eigenvalue weighted by molar-refractivity contribution is 0.100. The van der Waals surface area contributed by atoms with Gasteiger partial charge in [-0.25, -0.2) is 9.37 Å². The van der Waals surface area contributed by atoms with Crippen LogP contribution in [0, 0.1) is 5.82 Å². The zero-order valence-electron chi connectivity index (χ0n) is 16.1. The van der Waals surface area contributed by atoms with Gasteiger partial charge >= 0.3 is 0 Å². The van der Waals surface area contributed by atoms with Gasteiger partial charge in [-0.1, -0.05) is 6.92 Å². The van der Waals surface area contributed by atoms with E-state index in [0.29, 0.717) is 23.6 Å². The summed E-state index contributed by atoms with van der Waals surface area (Å²) < 4.78 is 19.9. The van der Waals surface area contributed by atoms with Crippen molar-refractivity contribution < 1.29 is 13.6 Å². The van der Waals surface area contributed by atoms with Crippen LogP contribution in [-0.2, 0) is 0 Å². The van der Waals surface area contributed by atoms with Crippen molar-refractivity contribution in [2.75, 3.05) is 10.6 Å². The molecule has 0 saturated heterocycles. The van der Waals surface area contributed by atoms with E-state index in [9.17, 15) is 9.18 Å². The van der Waals surface area contributed by atoms with E-state index in [-0.39, 0.29) is 29.3 Å². The van der Waals surface area contributed by atoms with Crippen LogP contribution in [0.2, 0.25) is 0 Å². The van der Waals surface area contributed by atoms with E-state index >= 15 is 0 Å². The monoisotopic (exact) mass is 398 g/mol. The Kier molecular flexibility index (Phi) is 6.08. The molecule has 6 N–H and O–H groups in total. The van der Waals surface area contributed by atoms with Crippen molar-refractivity contribution >= 4 is 23.2 Å². The van der Waals surface area contributed by atoms with E-state index in [1.807, 2.05) is 13.8 Å². The van der Waals surface area contributed by atoms with Gasteiger partial charge in [-0.3, -0.25) is 9.78 Å². The van der Waals surface area contributed by atoms with Gasteiger partial charge in [0.25, 0.3) is 5.91 Å². The highest BCUT2D eigenvalue weighted by Gasteiger charge is 2.19. The van der Waals surface area contributed by atoms with Crippen molar-refractivity contribution in [3.8, 4) is 11.5 Å². The van der Waals surface area contributed by atoms with Crippen molar-refractivity contribution in [3.63, 3.8) is 0 Å². The first-order chi connectivity index (χ1) is 13.9. The van der Waals surface area contributed by atoms with E-state index in [1.165, 1.54) is 0 Å². The number of pyridine rings is 2. The number of carbonyl (C=O) groups excluding carboxylic acids is 1. The Morgan fingerprint density at radius 2 is 2.10 bits per heavy atom. The van der Waals surface area contributed by atoms with Crippen molar-refractivity contribution in [2.45, 2.75) is 32.4 Å². The number of aromatic nitrogens is 2. The van der Waals surface area contributed by atoms with Crippen LogP contribution in [0.1, 0.15) is 30.6 Å². The minimum absolute atomic E-state index is 0.0121. The number of rotatable bonds is 8. The summed E-state index contributed by atoms with van der Waals surface area (Å²) in [6.07, 6.45) is 3.80. The van der Waals surface area contributed by atoms with Gasteiger partial charge in [0.2, 0.25) is 0 Å². The summed E-state index contributed by atoms with van der Waals surface area (Å²) in [5, 5.41) is 6.00. The number of hydrogen-bond donors (Lipinski definition) is 4. The Hall–Kier alpha value is -3.46. The maximum absolute atomic E-state index is 14.5. The first kappa shape index (κ1) is 20.3. The molecule has 0 aliphatic carbocycles. The molecular formula is C20H23FN6O2. The molecule has 0 spiro atoms. The average molecular weight is 398 g/mol. The van der Waals surface area contributed by atoms with Gasteiger partial charge < -0.3 is 26.5 Å². The summed E-state index contributed by atoms with van der Waals surface area (Å²) in [5.74, 6) is -0.792. The lowest BCUT2D eigenvalue weighted by Crippen LogP contribution is -2.38. The maximum atomic E-state index is 14.5. The third-order valence-electron chi connectivity index (χ3n) is 4.43. The van der Waals surface area contributed by atoms with E-state index in [0.717, 1.165) is 6.07 Å². The number of primary amides is 1. The molecule has 0 fully saturated rings. The molecule has 1 amide bonds. The summed E-state index contributed by atoms with van der Waals surface area (Å²) in [4.78, 5) is 20.3. The molecule has 0 aliphatic heterocycles. The predicted octanol–water partition coefficient (Wildman–Crippen LogP) is 3.26. The van der Waals surface area contributed by atoms with Crippen LogP contribution in [0.3, 0.4) is 0 Å². The number of amides is 1. The number of anilines is 3. The molecule has 0 bridgehead atoms. The number of nitrogens with zero attached hydrogens (tertiary/aromatic N) is 2. The molecule has 3 heterocycles. The number of nitrogens with one attached hydrogen (secondary N) is 2. The molecule has 152 valence electrons. The first-order valence-corrected chi connectivity index (χ1v) is 9.18. The second-order valence-corrected chi connectivity index (χ2v) is 6.63. The fourth-order valence-corrected chi connectivity index (χ4v) is 2.86. The molecule has 2 unspecified atom stereocenters. The van der Waals surface area contributed by atoms with Crippen LogP contribution >= 0.6 is 0 Å². The number of carbonyl (C=O) groups is 1. The second-order valence-electron chi connectivity index (χ2n) is 6.63. The highest BCUT2D eigenvalue weighted by atomic mass is 19.1. The summed E-state index contributed by atoms with van der Waals surface area (Å²) in [6, 6.07) is 7.59. The summed E-state index contributed by atoms with van der Waals surface area (Å²) in [5.41, 5.74) is 12.4. The Balaban J connectivity index is 1.96. The van der Waals surface area contributed by atoms with Crippen LogP contribution in [-0.4, -0.2) is 28.0 Å². The molecule has 3 rings (SSSR count). The van der Waals surface area contributed by atoms with Gasteiger partial charge in [-0.05, 0) is 43.7 Å². The van der Waals surface area contributed by atoms with Crippen molar-refractivity contribution in [2.24, 2.45) is 11.5 Å². The Labute approximate surface area is 167 Å². The SMILES string of the molecule is CCC(Nc1nc(Nc2ccnc(-c3ccco3)c2)c(C(N)=O)cc1F)C(C)N. The number of nitrogens with two attached hydrogens (primary N) is 2. The minimum Gasteiger partial charge on any atom is -0.463 e. The molecule has 0 radical (unpaired) electrons. The second kappa shape index (κ2) is 8.70. The lowest BCUT2D eigenvalue weighted by atomic mass is 10.1. The summed E-state index contributed by atoms with van der Waals surface area (Å²) >= 11 is 0. The van der Waals surface area contributed by atoms with Crippen LogP contribution in [0.4, 0.5) is 21.7 Å². The number of furan rings is 1. The highest BCUT2D eigenvalue weighted by Crippen LogP contribution is 2.26. The molecule has 0 aliphatic rings. The molecule has 3 aromatic heterocycles. The van der Waals surface area contributed by atoms with E-state index in [4.69, 9.17) is 15.9 Å². The van der Waals surface area contributed by atoms with Crippen LogP contribution in [0.15, 0.2) is 47.2 Å². The third-order valence-corrected chi connectivity index (χ3v) is 4.43. The van der Waals surface area contributed by atoms with E-state index in [2.05, 4.69) is 20.6 Å². The first-order valence-electron chi connectivity index (χ1n) is 9.18. The van der Waals surface area contributed by atoms with Gasteiger partial charge in [0.1, 0.15) is 11.5 Å². The molecule has 0 aromatic carbocycles. The minimum atomic E-state index is -0.801. The molecule has 2 atom stereocenters. The number of hydrogen-bond acceptors (Lipinski definition) is 7. The number of halogens is 1. The zero-order valence-corrected chi connectivity index (χ0v) is 16.1. The molecule has 0 saturated carbocycles. The summed E-state index contributed by atoms with van der Waals surface area (Å²) in [6.45, 7) is 3.76. The van der Waals surface area contributed by atoms with Crippen molar-refractivity contribution in [1.82, 2.24) is 9.97 Å². The highest BCUT2D eigenvalue weighted by molar-refractivity contribution is 5.98. The maximum Gasteiger partial charge on any atom is 0.252 e. The van der Waals surface area contributed by atoms with Gasteiger partial charge in [0.15, 0.2) is 17.4 Å². The van der Waals surface area contributed by atoms with Crippen LogP contribution < -0.4 is 22.1 Å². The van der Waals surface area contributed by atoms with Gasteiger partial charge in [0, 0.05) is 24.0 Å². The fourth-order valence-electron chi connectivity index (χ4n) is 2.86. The Morgan fingerprint density at radius 1 is 1.31 bits per heavy atom. The predicted molar refractivity (Wildman–Crippen MR) is 109 cm³/mol. The molecule has 3 aromatic rings. The standard InChI is InChI=1S/C20H23FN6O2/c1-3-15(11(2)22)26-20-14(21)10-13(18(23)28)19(27-20)25-12-6-7-24-16(9-12)17-5-4-8-29-17/h4-11,15H,3,22H2,1-2H3,(H2,23,28)(H2,24,25,26,27). The average Bonchev–Trinajstić information content (AvgIpc) is 3.22. The Bertz CT molecular complexity index is 991. The van der Waals surface area contributed by atoms with E-state index < -0.39 is 11.7 Å². The topological polar surface area (TPSA) is 132 Å². The van der Waals surface area contributed by atoms with Crippen molar-refractivity contribution in [3.05, 3.63) is 54.2 Å². The van der Waals surface area contributed by atoms with E-state index in [1.54, 1.807) is 36.7 Å². The Morgan fingerprint density at radius 3 is 2.72 bits per heavy atom. The molecule has 9 heteroatoms. The largest absolute Gasteiger partial charge is 0.463 e. The quantitative estimate of drug-likeness (QED) is 0.458.